The zero-order valence-electron chi connectivity index (χ0n) is 18.0. The molecule has 1 aliphatic rings. The molecule has 1 atom stereocenters. The predicted molar refractivity (Wildman–Crippen MR) is 129 cm³/mol. The van der Waals surface area contributed by atoms with Crippen LogP contribution in [0.25, 0.3) is 5.69 Å². The van der Waals surface area contributed by atoms with Crippen LogP contribution in [0.1, 0.15) is 28.0 Å². The van der Waals surface area contributed by atoms with Crippen molar-refractivity contribution in [1.29, 1.82) is 5.41 Å². The number of carbonyl (C=O) groups is 1. The molecule has 0 radical (unpaired) electrons. The maximum absolute atomic E-state index is 12.9. The molecule has 1 aliphatic heterocycles. The number of hydrogen-bond donors (Lipinski definition) is 5. The average molecular weight is 504 g/mol. The Bertz CT molecular complexity index is 1250. The van der Waals surface area contributed by atoms with Crippen LogP contribution in [0.2, 0.25) is 10.0 Å². The second-order valence-electron chi connectivity index (χ2n) is 7.88. The maximum Gasteiger partial charge on any atom is 0.253 e. The third-order valence-electron chi connectivity index (χ3n) is 5.58. The zero-order valence-corrected chi connectivity index (χ0v) is 19.5. The molecule has 6 N–H and O–H groups in total. The SMILES string of the molecule is N=C(N)c1c(Cl)cnc(N2CCC(NC(=O)c3ccc(-n4cnc(CCO)c4)cc3Cl)C2)c1O. The second-order valence-corrected chi connectivity index (χ2v) is 8.70. The van der Waals surface area contributed by atoms with Crippen molar-refractivity contribution >= 4 is 40.8 Å². The molecule has 34 heavy (non-hydrogen) atoms. The molecule has 1 amide bonds. The number of aromatic hydroxyl groups is 1. The van der Waals surface area contributed by atoms with E-state index in [9.17, 15) is 9.90 Å². The molecular weight excluding hydrogens is 481 g/mol. The Labute approximate surface area is 205 Å². The topological polar surface area (TPSA) is 153 Å². The van der Waals surface area contributed by atoms with Gasteiger partial charge in [-0.25, -0.2) is 9.97 Å². The van der Waals surface area contributed by atoms with E-state index in [1.54, 1.807) is 40.2 Å². The number of pyridine rings is 1. The summed E-state index contributed by atoms with van der Waals surface area (Å²) in [6.45, 7) is 0.957. The summed E-state index contributed by atoms with van der Waals surface area (Å²) in [4.78, 5) is 23.1. The number of imidazole rings is 1. The molecule has 1 fully saturated rings. The fraction of sp³-hybridized carbons (Fsp3) is 0.273. The molecule has 1 unspecified atom stereocenters. The summed E-state index contributed by atoms with van der Waals surface area (Å²) in [6.07, 6.45) is 5.85. The van der Waals surface area contributed by atoms with Crippen LogP contribution in [0.15, 0.2) is 36.9 Å². The predicted octanol–water partition coefficient (Wildman–Crippen LogP) is 2.11. The Morgan fingerprint density at radius 1 is 1.29 bits per heavy atom. The number of benzene rings is 1. The van der Waals surface area contributed by atoms with Crippen molar-refractivity contribution in [3.05, 3.63) is 63.8 Å². The van der Waals surface area contributed by atoms with Crippen molar-refractivity contribution in [3.63, 3.8) is 0 Å². The van der Waals surface area contributed by atoms with Gasteiger partial charge in [0.1, 0.15) is 5.84 Å². The number of hydrogen-bond acceptors (Lipinski definition) is 7. The molecule has 3 aromatic rings. The fourth-order valence-electron chi connectivity index (χ4n) is 3.89. The van der Waals surface area contributed by atoms with E-state index in [1.165, 1.54) is 6.20 Å². The number of halogens is 2. The normalized spacial score (nSPS) is 15.5. The summed E-state index contributed by atoms with van der Waals surface area (Å²) in [7, 11) is 0. The van der Waals surface area contributed by atoms with Gasteiger partial charge in [-0.1, -0.05) is 23.2 Å². The number of nitrogens with zero attached hydrogens (tertiary/aromatic N) is 4. The van der Waals surface area contributed by atoms with Gasteiger partial charge in [-0.15, -0.1) is 0 Å². The lowest BCUT2D eigenvalue weighted by Gasteiger charge is -2.20. The van der Waals surface area contributed by atoms with Crippen molar-refractivity contribution in [1.82, 2.24) is 19.9 Å². The number of anilines is 1. The Kier molecular flexibility index (Phi) is 6.92. The van der Waals surface area contributed by atoms with Gasteiger partial charge in [-0.05, 0) is 24.6 Å². The van der Waals surface area contributed by atoms with Crippen molar-refractivity contribution < 1.29 is 15.0 Å². The Hall–Kier alpha value is -3.34. The van der Waals surface area contributed by atoms with Gasteiger partial charge < -0.3 is 30.7 Å². The second kappa shape index (κ2) is 9.88. The van der Waals surface area contributed by atoms with E-state index in [0.717, 1.165) is 11.4 Å². The van der Waals surface area contributed by atoms with Gasteiger partial charge in [-0.3, -0.25) is 10.2 Å². The largest absolute Gasteiger partial charge is 0.504 e. The fourth-order valence-corrected chi connectivity index (χ4v) is 4.39. The highest BCUT2D eigenvalue weighted by molar-refractivity contribution is 6.34. The lowest BCUT2D eigenvalue weighted by Crippen LogP contribution is -2.37. The first-order valence-electron chi connectivity index (χ1n) is 10.5. The summed E-state index contributed by atoms with van der Waals surface area (Å²) in [5.74, 6) is -0.664. The first kappa shape index (κ1) is 23.8. The number of rotatable bonds is 7. The highest BCUT2D eigenvalue weighted by Crippen LogP contribution is 2.34. The van der Waals surface area contributed by atoms with Crippen LogP contribution in [0, 0.1) is 5.41 Å². The van der Waals surface area contributed by atoms with E-state index >= 15 is 0 Å². The highest BCUT2D eigenvalue weighted by Gasteiger charge is 2.29. The molecular formula is C22H23Cl2N7O3. The van der Waals surface area contributed by atoms with Crippen molar-refractivity contribution in [2.24, 2.45) is 5.73 Å². The van der Waals surface area contributed by atoms with E-state index in [1.807, 2.05) is 0 Å². The van der Waals surface area contributed by atoms with E-state index < -0.39 is 0 Å². The van der Waals surface area contributed by atoms with Crippen LogP contribution in [0.5, 0.6) is 5.75 Å². The van der Waals surface area contributed by atoms with Gasteiger partial charge in [0, 0.05) is 50.2 Å². The van der Waals surface area contributed by atoms with E-state index in [2.05, 4.69) is 15.3 Å². The number of amidine groups is 1. The van der Waals surface area contributed by atoms with Gasteiger partial charge in [0.25, 0.3) is 5.91 Å². The molecule has 0 aliphatic carbocycles. The molecule has 10 nitrogen and oxygen atoms in total. The van der Waals surface area contributed by atoms with E-state index in [-0.39, 0.29) is 46.5 Å². The standard InChI is InChI=1S/C22H23Cl2N7O3/c23-16-7-14(31-9-12(4-6-32)28-11-31)1-2-15(16)22(34)29-13-3-5-30(10-13)21-19(33)18(20(25)26)17(24)8-27-21/h1-2,7-9,11,13,32-33H,3-6,10H2,(H3,25,26)(H,29,34). The van der Waals surface area contributed by atoms with Crippen molar-refractivity contribution in [3.8, 4) is 11.4 Å². The Morgan fingerprint density at radius 3 is 2.79 bits per heavy atom. The molecule has 1 aromatic carbocycles. The molecule has 2 aromatic heterocycles. The van der Waals surface area contributed by atoms with Crippen LogP contribution < -0.4 is 16.0 Å². The molecule has 178 valence electrons. The molecule has 0 bridgehead atoms. The first-order chi connectivity index (χ1) is 16.3. The number of aliphatic hydroxyl groups excluding tert-OH is 1. The monoisotopic (exact) mass is 503 g/mol. The maximum atomic E-state index is 12.9. The third kappa shape index (κ3) is 4.79. The summed E-state index contributed by atoms with van der Waals surface area (Å²) in [6, 6.07) is 4.90. The number of carbonyl (C=O) groups excluding carboxylic acids is 1. The molecule has 1 saturated heterocycles. The van der Waals surface area contributed by atoms with Crippen LogP contribution in [0.3, 0.4) is 0 Å². The lowest BCUT2D eigenvalue weighted by molar-refractivity contribution is 0.0940. The first-order valence-corrected chi connectivity index (χ1v) is 11.3. The minimum absolute atomic E-state index is 0.0149. The van der Waals surface area contributed by atoms with E-state index in [0.29, 0.717) is 36.5 Å². The lowest BCUT2D eigenvalue weighted by atomic mass is 10.1. The minimum Gasteiger partial charge on any atom is -0.504 e. The quantitative estimate of drug-likeness (QED) is 0.244. The Balaban J connectivity index is 1.44. The summed E-state index contributed by atoms with van der Waals surface area (Å²) in [5, 5.41) is 30.5. The molecule has 4 rings (SSSR count). The zero-order chi connectivity index (χ0) is 24.4. The minimum atomic E-state index is -0.353. The Morgan fingerprint density at radius 2 is 2.09 bits per heavy atom. The van der Waals surface area contributed by atoms with Gasteiger partial charge in [-0.2, -0.15) is 0 Å². The smallest absolute Gasteiger partial charge is 0.253 e. The van der Waals surface area contributed by atoms with Crippen LogP contribution in [-0.4, -0.2) is 62.2 Å². The van der Waals surface area contributed by atoms with Crippen molar-refractivity contribution in [2.75, 3.05) is 24.6 Å². The molecule has 0 saturated carbocycles. The molecule has 12 heteroatoms. The molecule has 3 heterocycles. The number of aromatic nitrogens is 3. The van der Waals surface area contributed by atoms with Gasteiger partial charge in [0.2, 0.25) is 0 Å². The van der Waals surface area contributed by atoms with Crippen LogP contribution in [-0.2, 0) is 6.42 Å². The summed E-state index contributed by atoms with van der Waals surface area (Å²) in [5.41, 5.74) is 7.40. The van der Waals surface area contributed by atoms with Gasteiger partial charge in [0.15, 0.2) is 11.6 Å². The number of nitrogen functional groups attached to an aromatic ring is 1. The van der Waals surface area contributed by atoms with Crippen LogP contribution in [0.4, 0.5) is 5.82 Å². The highest BCUT2D eigenvalue weighted by atomic mass is 35.5. The average Bonchev–Trinajstić information content (AvgIpc) is 3.43. The number of nitrogens with one attached hydrogen (secondary N) is 2. The number of amides is 1. The molecule has 0 spiro atoms. The van der Waals surface area contributed by atoms with Gasteiger partial charge >= 0.3 is 0 Å². The number of aliphatic hydroxyl groups is 1. The summed E-state index contributed by atoms with van der Waals surface area (Å²) >= 11 is 12.4. The summed E-state index contributed by atoms with van der Waals surface area (Å²) < 4.78 is 1.77. The van der Waals surface area contributed by atoms with Gasteiger partial charge in [0.05, 0.1) is 33.2 Å². The van der Waals surface area contributed by atoms with Crippen LogP contribution >= 0.6 is 23.2 Å². The van der Waals surface area contributed by atoms with E-state index in [4.69, 9.17) is 39.5 Å². The number of nitrogens with two attached hydrogens (primary N) is 1. The third-order valence-corrected chi connectivity index (χ3v) is 6.18. The van der Waals surface area contributed by atoms with Crippen molar-refractivity contribution in [2.45, 2.75) is 18.9 Å².